The van der Waals surface area contributed by atoms with E-state index < -0.39 is 0 Å². The van der Waals surface area contributed by atoms with Gasteiger partial charge in [0.25, 0.3) is 0 Å². The van der Waals surface area contributed by atoms with E-state index in [0.717, 1.165) is 24.1 Å². The number of carbonyl (C=O) groups is 1. The normalized spacial score (nSPS) is 11.9. The second-order valence-corrected chi connectivity index (χ2v) is 8.02. The molecule has 1 N–H and O–H groups in total. The van der Waals surface area contributed by atoms with E-state index in [0.29, 0.717) is 6.42 Å². The monoisotopic (exact) mass is 398 g/mol. The van der Waals surface area contributed by atoms with E-state index in [2.05, 4.69) is 17.5 Å². The van der Waals surface area contributed by atoms with Gasteiger partial charge in [-0.2, -0.15) is 5.10 Å². The lowest BCUT2D eigenvalue weighted by Crippen LogP contribution is -2.18. The van der Waals surface area contributed by atoms with Crippen LogP contribution in [0.2, 0.25) is 0 Å². The molecule has 0 aliphatic carbocycles. The number of hydrogen-bond acceptors (Lipinski definition) is 2. The van der Waals surface area contributed by atoms with E-state index in [4.69, 9.17) is 0 Å². The van der Waals surface area contributed by atoms with Crippen molar-refractivity contribution in [1.29, 1.82) is 0 Å². The zero-order chi connectivity index (χ0) is 21.0. The molecule has 29 heavy (non-hydrogen) atoms. The first-order valence-electron chi connectivity index (χ1n) is 11.8. The summed E-state index contributed by atoms with van der Waals surface area (Å²) in [5, 5.41) is 4.15. The van der Waals surface area contributed by atoms with E-state index in [9.17, 15) is 4.79 Å². The van der Waals surface area contributed by atoms with E-state index in [1.165, 1.54) is 70.6 Å². The molecule has 1 rings (SSSR count). The summed E-state index contributed by atoms with van der Waals surface area (Å²) in [6.45, 7) is 4.16. The van der Waals surface area contributed by atoms with Crippen LogP contribution in [0.5, 0.6) is 0 Å². The molecule has 0 atom stereocenters. The first kappa shape index (κ1) is 25.1. The number of hydrazone groups is 1. The average Bonchev–Trinajstić information content (AvgIpc) is 2.74. The van der Waals surface area contributed by atoms with Gasteiger partial charge in [0.05, 0.1) is 5.71 Å². The Morgan fingerprint density at radius 1 is 0.828 bits per heavy atom. The highest BCUT2D eigenvalue weighted by atomic mass is 16.2. The van der Waals surface area contributed by atoms with Crippen molar-refractivity contribution in [3.8, 4) is 0 Å². The van der Waals surface area contributed by atoms with Crippen LogP contribution in [0.15, 0.2) is 41.5 Å². The quantitative estimate of drug-likeness (QED) is 0.163. The van der Waals surface area contributed by atoms with Crippen molar-refractivity contribution in [2.75, 3.05) is 0 Å². The Morgan fingerprint density at radius 2 is 1.34 bits per heavy atom. The molecular weight excluding hydrogens is 356 g/mol. The standard InChI is InChI=1S/C26H42N2O/c1-3-4-5-6-7-8-9-10-11-12-13-14-18-21-26(29)28-27-24(2)22-23-25-19-16-15-17-20-25/h15-17,19-20,22-23H,3-14,18,21H2,1-2H3,(H,28,29). The second-order valence-electron chi connectivity index (χ2n) is 8.02. The van der Waals surface area contributed by atoms with E-state index in [1.54, 1.807) is 0 Å². The molecule has 162 valence electrons. The molecule has 0 spiro atoms. The predicted molar refractivity (Wildman–Crippen MR) is 127 cm³/mol. The minimum atomic E-state index is 0.0144. The molecule has 1 amide bonds. The summed E-state index contributed by atoms with van der Waals surface area (Å²) in [5.74, 6) is 0.0144. The minimum absolute atomic E-state index is 0.0144. The average molecular weight is 399 g/mol. The maximum Gasteiger partial charge on any atom is 0.240 e. The largest absolute Gasteiger partial charge is 0.273 e. The molecule has 0 saturated heterocycles. The summed E-state index contributed by atoms with van der Waals surface area (Å²) >= 11 is 0. The third-order valence-electron chi connectivity index (χ3n) is 5.18. The van der Waals surface area contributed by atoms with Crippen LogP contribution in [0, 0.1) is 0 Å². The summed E-state index contributed by atoms with van der Waals surface area (Å²) < 4.78 is 0. The molecule has 0 bridgehead atoms. The van der Waals surface area contributed by atoms with E-state index in [1.807, 2.05) is 49.4 Å². The predicted octanol–water partition coefficient (Wildman–Crippen LogP) is 7.67. The SMILES string of the molecule is CCCCCCCCCCCCCCCC(=O)NN=C(C)C=Cc1ccccc1. The Bertz CT molecular complexity index is 578. The summed E-state index contributed by atoms with van der Waals surface area (Å²) in [5.41, 5.74) is 4.58. The van der Waals surface area contributed by atoms with Gasteiger partial charge in [-0.15, -0.1) is 0 Å². The summed E-state index contributed by atoms with van der Waals surface area (Å²) in [6, 6.07) is 10.1. The fourth-order valence-corrected chi connectivity index (χ4v) is 3.33. The molecule has 0 aromatic heterocycles. The number of rotatable bonds is 17. The summed E-state index contributed by atoms with van der Waals surface area (Å²) in [6.07, 6.45) is 21.6. The number of allylic oxidation sites excluding steroid dienone is 1. The van der Waals surface area contributed by atoms with Crippen LogP contribution in [0.3, 0.4) is 0 Å². The lowest BCUT2D eigenvalue weighted by molar-refractivity contribution is -0.121. The number of carbonyl (C=O) groups excluding carboxylic acids is 1. The van der Waals surface area contributed by atoms with Crippen LogP contribution in [-0.2, 0) is 4.79 Å². The van der Waals surface area contributed by atoms with Gasteiger partial charge in [0.2, 0.25) is 5.91 Å². The molecule has 0 fully saturated rings. The zero-order valence-corrected chi connectivity index (χ0v) is 18.8. The van der Waals surface area contributed by atoms with Crippen molar-refractivity contribution in [1.82, 2.24) is 5.43 Å². The van der Waals surface area contributed by atoms with Crippen LogP contribution in [0.25, 0.3) is 6.08 Å². The first-order chi connectivity index (χ1) is 14.2. The molecule has 0 unspecified atom stereocenters. The second kappa shape index (κ2) is 18.1. The van der Waals surface area contributed by atoms with Crippen molar-refractivity contribution < 1.29 is 4.79 Å². The van der Waals surface area contributed by atoms with Gasteiger partial charge in [-0.3, -0.25) is 4.79 Å². The van der Waals surface area contributed by atoms with Crippen molar-refractivity contribution in [3.63, 3.8) is 0 Å². The molecule has 0 aliphatic heterocycles. The highest BCUT2D eigenvalue weighted by Crippen LogP contribution is 2.12. The Labute approximate surface area is 179 Å². The van der Waals surface area contributed by atoms with Crippen molar-refractivity contribution in [2.45, 2.75) is 104 Å². The Morgan fingerprint density at radius 3 is 1.90 bits per heavy atom. The molecule has 1 aromatic rings. The molecule has 1 aromatic carbocycles. The molecule has 0 saturated carbocycles. The van der Waals surface area contributed by atoms with Crippen LogP contribution in [0.1, 0.15) is 109 Å². The highest BCUT2D eigenvalue weighted by Gasteiger charge is 2.00. The van der Waals surface area contributed by atoms with Crippen molar-refractivity contribution in [2.24, 2.45) is 5.10 Å². The van der Waals surface area contributed by atoms with Gasteiger partial charge < -0.3 is 0 Å². The van der Waals surface area contributed by atoms with E-state index in [-0.39, 0.29) is 5.91 Å². The Hall–Kier alpha value is -1.90. The topological polar surface area (TPSA) is 41.5 Å². The summed E-state index contributed by atoms with van der Waals surface area (Å²) in [7, 11) is 0. The highest BCUT2D eigenvalue weighted by molar-refractivity contribution is 5.96. The van der Waals surface area contributed by atoms with Crippen molar-refractivity contribution in [3.05, 3.63) is 42.0 Å². The van der Waals surface area contributed by atoms with Gasteiger partial charge >= 0.3 is 0 Å². The van der Waals surface area contributed by atoms with Crippen molar-refractivity contribution >= 4 is 17.7 Å². The van der Waals surface area contributed by atoms with E-state index >= 15 is 0 Å². The fourth-order valence-electron chi connectivity index (χ4n) is 3.33. The summed E-state index contributed by atoms with van der Waals surface area (Å²) in [4.78, 5) is 11.9. The number of hydrogen-bond donors (Lipinski definition) is 1. The van der Waals surface area contributed by atoms with Gasteiger partial charge in [0.15, 0.2) is 0 Å². The Balaban J connectivity index is 1.94. The molecule has 0 aliphatic rings. The third-order valence-corrected chi connectivity index (χ3v) is 5.18. The third kappa shape index (κ3) is 15.7. The molecular formula is C26H42N2O. The van der Waals surface area contributed by atoms with Crippen LogP contribution in [0.4, 0.5) is 0 Å². The lowest BCUT2D eigenvalue weighted by Gasteiger charge is -2.03. The number of benzene rings is 1. The number of nitrogens with zero attached hydrogens (tertiary/aromatic N) is 1. The molecule has 3 heteroatoms. The van der Waals surface area contributed by atoms with Crippen LogP contribution < -0.4 is 5.43 Å². The smallest absolute Gasteiger partial charge is 0.240 e. The molecule has 0 heterocycles. The maximum absolute atomic E-state index is 11.9. The number of unbranched alkanes of at least 4 members (excludes halogenated alkanes) is 12. The van der Waals surface area contributed by atoms with Gasteiger partial charge in [0, 0.05) is 6.42 Å². The molecule has 0 radical (unpaired) electrons. The lowest BCUT2D eigenvalue weighted by atomic mass is 10.0. The van der Waals surface area contributed by atoms with Crippen LogP contribution >= 0.6 is 0 Å². The van der Waals surface area contributed by atoms with Gasteiger partial charge in [-0.25, -0.2) is 5.43 Å². The number of amides is 1. The maximum atomic E-state index is 11.9. The van der Waals surface area contributed by atoms with Crippen LogP contribution in [-0.4, -0.2) is 11.6 Å². The number of nitrogens with one attached hydrogen (secondary N) is 1. The van der Waals surface area contributed by atoms with Gasteiger partial charge in [0.1, 0.15) is 0 Å². The van der Waals surface area contributed by atoms with Gasteiger partial charge in [-0.05, 0) is 25.0 Å². The minimum Gasteiger partial charge on any atom is -0.273 e. The Kier molecular flexibility index (Phi) is 15.7. The van der Waals surface area contributed by atoms with Gasteiger partial charge in [-0.1, -0.05) is 120 Å². The fraction of sp³-hybridized carbons (Fsp3) is 0.615. The first-order valence-corrected chi connectivity index (χ1v) is 11.8. The zero-order valence-electron chi connectivity index (χ0n) is 18.8. The molecule has 3 nitrogen and oxygen atoms in total.